The quantitative estimate of drug-likeness (QED) is 0.395. The summed E-state index contributed by atoms with van der Waals surface area (Å²) >= 11 is -1.97. The second-order valence-electron chi connectivity index (χ2n) is 5.48. The van der Waals surface area contributed by atoms with Crippen LogP contribution in [0.15, 0.2) is 42.4 Å². The van der Waals surface area contributed by atoms with Crippen LogP contribution in [0, 0.1) is 0 Å². The third kappa shape index (κ3) is 6.61. The standard InChI is InChI=1S/2C7H9O2.C3H6.2ClH.Zr/c2*8-5-6-9-7-3-1-2-4-7;1-3-2;;;/h2*3-4,8H,1,5-6H2;1-2H3;2*1H;/q;;;;;+2/p-2. The van der Waals surface area contributed by atoms with Crippen LogP contribution in [0.4, 0.5) is 0 Å². The number of halogens is 2. The Kier molecular flexibility index (Phi) is 12.1. The molecule has 0 saturated carbocycles. The van der Waals surface area contributed by atoms with E-state index in [4.69, 9.17) is 19.7 Å². The first-order chi connectivity index (χ1) is 10.7. The van der Waals surface area contributed by atoms with Crippen LogP contribution in [0.25, 0.3) is 0 Å². The maximum atomic E-state index is 8.85. The van der Waals surface area contributed by atoms with Gasteiger partial charge in [0.2, 0.25) is 0 Å². The number of aliphatic hydroxyl groups excluding tert-OH is 2. The molecule has 0 aromatic rings. The molecule has 0 bridgehead atoms. The summed E-state index contributed by atoms with van der Waals surface area (Å²) in [7, 11) is 0. The molecule has 0 saturated heterocycles. The van der Waals surface area contributed by atoms with Gasteiger partial charge in [-0.05, 0) is 0 Å². The number of allylic oxidation sites excluding steroid dienone is 6. The van der Waals surface area contributed by atoms with Gasteiger partial charge >= 0.3 is 140 Å². The Morgan fingerprint density at radius 1 is 0.917 bits per heavy atom. The van der Waals surface area contributed by atoms with Crippen LogP contribution in [0.5, 0.6) is 0 Å². The van der Waals surface area contributed by atoms with Gasteiger partial charge in [0.05, 0.1) is 0 Å². The fourth-order valence-corrected chi connectivity index (χ4v) is 9.81. The summed E-state index contributed by atoms with van der Waals surface area (Å²) in [6.45, 7) is 5.27. The van der Waals surface area contributed by atoms with E-state index in [0.29, 0.717) is 13.2 Å². The van der Waals surface area contributed by atoms with E-state index in [9.17, 15) is 0 Å². The van der Waals surface area contributed by atoms with Crippen LogP contribution in [0.1, 0.15) is 26.7 Å². The minimum atomic E-state index is -1.97. The molecule has 0 unspecified atom stereocenters. The van der Waals surface area contributed by atoms with E-state index in [0.717, 1.165) is 24.4 Å². The predicted octanol–water partition coefficient (Wildman–Crippen LogP) is -3.81. The van der Waals surface area contributed by atoms with Crippen LogP contribution in [-0.2, 0) is 30.7 Å². The van der Waals surface area contributed by atoms with E-state index in [1.807, 2.05) is 0 Å². The van der Waals surface area contributed by atoms with Crippen LogP contribution in [0.2, 0.25) is 0 Å². The second kappa shape index (κ2) is 12.2. The molecular weight excluding hydrogens is 430 g/mol. The van der Waals surface area contributed by atoms with Crippen LogP contribution < -0.4 is 24.8 Å². The number of rotatable bonds is 8. The summed E-state index contributed by atoms with van der Waals surface area (Å²) in [4.78, 5) is 0. The van der Waals surface area contributed by atoms with Crippen LogP contribution in [-0.4, -0.2) is 39.8 Å². The largest absolute Gasteiger partial charge is 1.00 e. The molecule has 2 rings (SSSR count). The van der Waals surface area contributed by atoms with Crippen molar-refractivity contribution in [3.8, 4) is 0 Å². The minimum absolute atomic E-state index is 0. The van der Waals surface area contributed by atoms with Gasteiger partial charge in [-0.25, -0.2) is 0 Å². The van der Waals surface area contributed by atoms with Crippen molar-refractivity contribution in [1.82, 2.24) is 0 Å². The SMILES string of the molecule is C[C](C)=[Zr+2]([C]1=CC(OCCO)=CC1)[C]1=CC(OCCO)=CC1.[Cl-].[Cl-]. The van der Waals surface area contributed by atoms with Gasteiger partial charge in [0.1, 0.15) is 0 Å². The Bertz CT molecular complexity index is 529. The van der Waals surface area contributed by atoms with Crippen molar-refractivity contribution < 1.29 is 65.8 Å². The topological polar surface area (TPSA) is 58.9 Å². The number of aliphatic hydroxyl groups is 2. The molecule has 0 atom stereocenters. The average molecular weight is 455 g/mol. The van der Waals surface area contributed by atoms with Crippen molar-refractivity contribution in [1.29, 1.82) is 0 Å². The van der Waals surface area contributed by atoms with Crippen molar-refractivity contribution in [3.63, 3.8) is 0 Å². The van der Waals surface area contributed by atoms with Crippen LogP contribution in [0.3, 0.4) is 0 Å². The summed E-state index contributed by atoms with van der Waals surface area (Å²) in [6.07, 6.45) is 10.5. The fraction of sp³-hybridized carbons (Fsp3) is 0.471. The van der Waals surface area contributed by atoms with Crippen LogP contribution >= 0.6 is 0 Å². The molecule has 0 amide bonds. The summed E-state index contributed by atoms with van der Waals surface area (Å²) < 4.78 is 15.6. The molecule has 2 aliphatic carbocycles. The molecule has 7 heteroatoms. The molecule has 0 fully saturated rings. The Morgan fingerprint density at radius 3 is 1.67 bits per heavy atom. The number of ether oxygens (including phenoxy) is 2. The zero-order valence-corrected chi connectivity index (χ0v) is 18.0. The van der Waals surface area contributed by atoms with Gasteiger partial charge in [-0.2, -0.15) is 0 Å². The van der Waals surface area contributed by atoms with Gasteiger partial charge in [-0.3, -0.25) is 0 Å². The molecule has 24 heavy (non-hydrogen) atoms. The van der Waals surface area contributed by atoms with E-state index in [2.05, 4.69) is 38.2 Å². The summed E-state index contributed by atoms with van der Waals surface area (Å²) in [5.41, 5.74) is 0. The molecule has 2 aliphatic rings. The van der Waals surface area contributed by atoms with Gasteiger partial charge < -0.3 is 24.8 Å². The Hall–Kier alpha value is -0.187. The molecular formula is C17H24Cl2O4Zr. The molecule has 0 aromatic carbocycles. The van der Waals surface area contributed by atoms with Gasteiger partial charge in [-0.15, -0.1) is 0 Å². The summed E-state index contributed by atoms with van der Waals surface area (Å²) in [6, 6.07) is 0. The van der Waals surface area contributed by atoms with Crippen molar-refractivity contribution in [2.75, 3.05) is 26.4 Å². The Morgan fingerprint density at radius 2 is 1.33 bits per heavy atom. The number of hydrogen-bond acceptors (Lipinski definition) is 4. The van der Waals surface area contributed by atoms with Crippen molar-refractivity contribution in [2.45, 2.75) is 26.7 Å². The van der Waals surface area contributed by atoms with E-state index in [1.54, 1.807) is 0 Å². The van der Waals surface area contributed by atoms with Gasteiger partial charge in [0, 0.05) is 0 Å². The summed E-state index contributed by atoms with van der Waals surface area (Å²) in [5, 5.41) is 17.7. The predicted molar refractivity (Wildman–Crippen MR) is 84.0 cm³/mol. The maximum Gasteiger partial charge on any atom is -1.00 e. The zero-order chi connectivity index (χ0) is 15.9. The van der Waals surface area contributed by atoms with Gasteiger partial charge in [-0.1, -0.05) is 0 Å². The van der Waals surface area contributed by atoms with E-state index >= 15 is 0 Å². The molecule has 0 aromatic heterocycles. The van der Waals surface area contributed by atoms with Crippen molar-refractivity contribution >= 4 is 3.21 Å². The van der Waals surface area contributed by atoms with Crippen molar-refractivity contribution in [3.05, 3.63) is 42.4 Å². The molecule has 0 radical (unpaired) electrons. The smallest absolute Gasteiger partial charge is 1.00 e. The molecule has 0 aliphatic heterocycles. The fourth-order valence-electron chi connectivity index (χ4n) is 2.73. The Labute approximate surface area is 163 Å². The van der Waals surface area contributed by atoms with Gasteiger partial charge in [0.15, 0.2) is 0 Å². The summed E-state index contributed by atoms with van der Waals surface area (Å²) in [5.74, 6) is 1.79. The van der Waals surface area contributed by atoms with E-state index < -0.39 is 21.3 Å². The molecule has 4 nitrogen and oxygen atoms in total. The zero-order valence-electron chi connectivity index (χ0n) is 14.0. The first-order valence-corrected chi connectivity index (χ1v) is 11.3. The first-order valence-electron chi connectivity index (χ1n) is 7.62. The van der Waals surface area contributed by atoms with Crippen molar-refractivity contribution in [2.24, 2.45) is 0 Å². The molecule has 2 N–H and O–H groups in total. The Balaban J connectivity index is 0.00000264. The van der Waals surface area contributed by atoms with E-state index in [1.165, 1.54) is 9.77 Å². The normalized spacial score (nSPS) is 15.0. The second-order valence-corrected chi connectivity index (χ2v) is 12.9. The minimum Gasteiger partial charge on any atom is -1.00 e. The van der Waals surface area contributed by atoms with Gasteiger partial charge in [0.25, 0.3) is 0 Å². The monoisotopic (exact) mass is 452 g/mol. The first kappa shape index (κ1) is 23.8. The van der Waals surface area contributed by atoms with E-state index in [-0.39, 0.29) is 38.0 Å². The molecule has 134 valence electrons. The average Bonchev–Trinajstić information content (AvgIpc) is 3.13. The maximum absolute atomic E-state index is 8.85. The molecule has 0 spiro atoms. The molecule has 0 heterocycles. The third-order valence-corrected chi connectivity index (χ3v) is 10.9. The number of hydrogen-bond donors (Lipinski definition) is 2. The third-order valence-electron chi connectivity index (χ3n) is 3.54.